The van der Waals surface area contributed by atoms with Crippen molar-refractivity contribution in [3.8, 4) is 0 Å². The number of nitrogens with zero attached hydrogens (tertiary/aromatic N) is 2. The molecule has 222 valence electrons. The van der Waals surface area contributed by atoms with E-state index in [-0.39, 0.29) is 17.7 Å². The molecule has 42 heavy (non-hydrogen) atoms. The Morgan fingerprint density at radius 3 is 2.24 bits per heavy atom. The van der Waals surface area contributed by atoms with E-state index in [1.807, 2.05) is 57.2 Å². The Morgan fingerprint density at radius 2 is 1.60 bits per heavy atom. The van der Waals surface area contributed by atoms with E-state index < -0.39 is 28.5 Å². The van der Waals surface area contributed by atoms with Gasteiger partial charge in [-0.1, -0.05) is 19.4 Å². The molecule has 0 radical (unpaired) electrons. The second-order valence-electron chi connectivity index (χ2n) is 12.6. The summed E-state index contributed by atoms with van der Waals surface area (Å²) in [5, 5.41) is 11.5. The van der Waals surface area contributed by atoms with Crippen LogP contribution in [0.2, 0.25) is 0 Å². The van der Waals surface area contributed by atoms with Gasteiger partial charge in [0.25, 0.3) is 0 Å². The highest BCUT2D eigenvalue weighted by Gasteiger charge is 2.60. The number of hydrogen-bond acceptors (Lipinski definition) is 5. The topological polar surface area (TPSA) is 111 Å². The largest absolute Gasteiger partial charge is 0.359 e. The maximum absolute atomic E-state index is 13.6. The van der Waals surface area contributed by atoms with Gasteiger partial charge in [0.05, 0.1) is 40.0 Å². The van der Waals surface area contributed by atoms with Gasteiger partial charge in [0, 0.05) is 36.3 Å². The normalized spacial score (nSPS) is 33.6. The Labute approximate surface area is 248 Å². The van der Waals surface area contributed by atoms with Gasteiger partial charge in [0.1, 0.15) is 0 Å². The molecule has 2 amide bonds. The average Bonchev–Trinajstić information content (AvgIpc) is 3.70. The van der Waals surface area contributed by atoms with Gasteiger partial charge in [-0.15, -0.1) is 0 Å². The van der Waals surface area contributed by atoms with E-state index in [4.69, 9.17) is 9.98 Å². The van der Waals surface area contributed by atoms with E-state index in [1.165, 1.54) is 11.1 Å². The lowest BCUT2D eigenvalue weighted by molar-refractivity contribution is -0.128. The summed E-state index contributed by atoms with van der Waals surface area (Å²) >= 11 is 0. The van der Waals surface area contributed by atoms with Crippen LogP contribution in [0, 0.1) is 17.8 Å². The molecule has 6 atom stereocenters. The number of hydrogen-bond donors (Lipinski definition) is 4. The minimum atomic E-state index is -1.01. The molecular formula is C34H44N6O2. The fourth-order valence-corrected chi connectivity index (χ4v) is 7.67. The summed E-state index contributed by atoms with van der Waals surface area (Å²) < 4.78 is 0. The summed E-state index contributed by atoms with van der Waals surface area (Å²) in [6.45, 7) is 16.8. The number of aromatic amines is 1. The van der Waals surface area contributed by atoms with E-state index >= 15 is 0 Å². The summed E-state index contributed by atoms with van der Waals surface area (Å²) in [6.07, 6.45) is 10.3. The lowest BCUT2D eigenvalue weighted by atomic mass is 9.60. The molecule has 5 heterocycles. The first-order valence-electron chi connectivity index (χ1n) is 14.8. The lowest BCUT2D eigenvalue weighted by Crippen LogP contribution is -2.62. The van der Waals surface area contributed by atoms with Gasteiger partial charge in [-0.3, -0.25) is 19.9 Å². The van der Waals surface area contributed by atoms with Crippen LogP contribution in [0.15, 0.2) is 68.3 Å². The molecule has 8 nitrogen and oxygen atoms in total. The van der Waals surface area contributed by atoms with Crippen LogP contribution in [0.4, 0.5) is 0 Å². The number of nitrogens with one attached hydrogen (secondary N) is 4. The Bertz CT molecular complexity index is 1680. The maximum Gasteiger partial charge on any atom is 0.226 e. The van der Waals surface area contributed by atoms with Gasteiger partial charge >= 0.3 is 0 Å². The van der Waals surface area contributed by atoms with Crippen LogP contribution in [-0.4, -0.2) is 58.9 Å². The first-order valence-corrected chi connectivity index (χ1v) is 14.8. The first-order chi connectivity index (χ1) is 19.7. The molecule has 0 fully saturated rings. The molecule has 6 unspecified atom stereocenters. The molecule has 1 aromatic heterocycles. The highest BCUT2D eigenvalue weighted by molar-refractivity contribution is 6.23. The summed E-state index contributed by atoms with van der Waals surface area (Å²) in [7, 11) is 3.32. The second-order valence-corrected chi connectivity index (χ2v) is 12.6. The summed E-state index contributed by atoms with van der Waals surface area (Å²) in [5.74, 6) is -1.51. The monoisotopic (exact) mass is 568 g/mol. The molecule has 4 aliphatic rings. The van der Waals surface area contributed by atoms with Crippen molar-refractivity contribution in [3.05, 3.63) is 69.0 Å². The van der Waals surface area contributed by atoms with Crippen molar-refractivity contribution in [2.24, 2.45) is 27.7 Å². The number of carbonyl (C=O) groups is 2. The van der Waals surface area contributed by atoms with Gasteiger partial charge in [0.15, 0.2) is 0 Å². The molecule has 0 aliphatic carbocycles. The van der Waals surface area contributed by atoms with E-state index in [1.54, 1.807) is 14.1 Å². The highest BCUT2D eigenvalue weighted by atomic mass is 16.2. The van der Waals surface area contributed by atoms with Crippen LogP contribution < -0.4 is 26.6 Å². The Kier molecular flexibility index (Phi) is 7.21. The summed E-state index contributed by atoms with van der Waals surface area (Å²) in [6, 6.07) is 4.04. The fourth-order valence-electron chi connectivity index (χ4n) is 7.67. The maximum atomic E-state index is 13.6. The van der Waals surface area contributed by atoms with Gasteiger partial charge in [0.2, 0.25) is 11.8 Å². The molecule has 0 saturated carbocycles. The number of allylic oxidation sites excluding steroid dienone is 3. The van der Waals surface area contributed by atoms with Crippen LogP contribution in [0.1, 0.15) is 55.4 Å². The second kappa shape index (κ2) is 10.2. The molecule has 0 aromatic carbocycles. The van der Waals surface area contributed by atoms with E-state index in [2.05, 4.69) is 61.6 Å². The molecule has 4 aliphatic heterocycles. The van der Waals surface area contributed by atoms with Gasteiger partial charge in [-0.25, -0.2) is 4.99 Å². The third-order valence-corrected chi connectivity index (χ3v) is 10.5. The third-order valence-electron chi connectivity index (χ3n) is 10.5. The SMILES string of the molecule is CNC(=O)C(C)C1=C(C)C2=NC1(C(C)C(=O)NC)C(C)C1(C)NC(C)(/C=C3/C=CC(=N3)/C=c3/ccc([nH]3)=C2)C(C)=C1C. The molecule has 0 spiro atoms. The van der Waals surface area contributed by atoms with Crippen molar-refractivity contribution >= 4 is 35.4 Å². The van der Waals surface area contributed by atoms with Crippen molar-refractivity contribution in [1.29, 1.82) is 0 Å². The van der Waals surface area contributed by atoms with Crippen LogP contribution in [0.25, 0.3) is 12.2 Å². The summed E-state index contributed by atoms with van der Waals surface area (Å²) in [5.41, 5.74) is 4.70. The third kappa shape index (κ3) is 4.30. The predicted molar refractivity (Wildman–Crippen MR) is 170 cm³/mol. The summed E-state index contributed by atoms with van der Waals surface area (Å²) in [4.78, 5) is 40.9. The van der Waals surface area contributed by atoms with Crippen molar-refractivity contribution in [2.45, 2.75) is 72.0 Å². The van der Waals surface area contributed by atoms with Crippen molar-refractivity contribution < 1.29 is 9.59 Å². The van der Waals surface area contributed by atoms with Crippen LogP contribution in [0.3, 0.4) is 0 Å². The van der Waals surface area contributed by atoms with Gasteiger partial charge in [-0.2, -0.15) is 0 Å². The van der Waals surface area contributed by atoms with Gasteiger partial charge in [-0.05, 0) is 101 Å². The van der Waals surface area contributed by atoms with E-state index in [0.29, 0.717) is 0 Å². The number of carbonyl (C=O) groups excluding carboxylic acids is 2. The zero-order valence-corrected chi connectivity index (χ0v) is 26.5. The van der Waals surface area contributed by atoms with Gasteiger partial charge < -0.3 is 15.6 Å². The molecular weight excluding hydrogens is 524 g/mol. The Hall–Kier alpha value is -3.78. The quantitative estimate of drug-likeness (QED) is 0.419. The number of amides is 2. The molecule has 8 heteroatoms. The molecule has 8 bridgehead atoms. The Morgan fingerprint density at radius 1 is 0.952 bits per heavy atom. The molecule has 1 aromatic rings. The van der Waals surface area contributed by atoms with E-state index in [9.17, 15) is 9.59 Å². The number of rotatable bonds is 4. The lowest BCUT2D eigenvalue weighted by Gasteiger charge is -2.49. The first kappa shape index (κ1) is 29.7. The molecule has 5 rings (SSSR count). The van der Waals surface area contributed by atoms with Crippen molar-refractivity contribution in [1.82, 2.24) is 20.9 Å². The number of H-pyrrole nitrogens is 1. The fraction of sp³-hybridized carbons (Fsp3) is 0.471. The van der Waals surface area contributed by atoms with Crippen molar-refractivity contribution in [3.63, 3.8) is 0 Å². The zero-order valence-electron chi connectivity index (χ0n) is 26.5. The molecule has 4 N–H and O–H groups in total. The van der Waals surface area contributed by atoms with E-state index in [0.717, 1.165) is 39.0 Å². The standard InChI is InChI=1S/C34H44N6O2/c1-18-28-16-26-12-11-24(37-26)15-25-13-14-27(38-25)17-32(7)20(3)21(4)33(8,40-32)23(6)34(39-28,22(5)31(42)36-10)29(18)19(2)30(41)35-9/h11-17,19,22-23,37,40H,1-10H3,(H,35,41)(H,36,42)/b24-15-,26-16?,27-17-. The number of aliphatic imine (C=N–C) groups is 2. The zero-order chi connectivity index (χ0) is 30.8. The predicted octanol–water partition coefficient (Wildman–Crippen LogP) is 2.85. The molecule has 0 saturated heterocycles. The number of aromatic nitrogens is 1. The highest BCUT2D eigenvalue weighted by Crippen LogP contribution is 2.54. The minimum absolute atomic E-state index is 0.104. The van der Waals surface area contributed by atoms with Crippen molar-refractivity contribution in [2.75, 3.05) is 14.1 Å². The van der Waals surface area contributed by atoms with Crippen LogP contribution in [-0.2, 0) is 9.59 Å². The van der Waals surface area contributed by atoms with Crippen LogP contribution in [0.5, 0.6) is 0 Å². The van der Waals surface area contributed by atoms with Crippen LogP contribution >= 0.6 is 0 Å². The Balaban J connectivity index is 1.89. The average molecular weight is 569 g/mol. The number of fused-ring (bicyclic) bond motifs is 6. The minimum Gasteiger partial charge on any atom is -0.359 e. The smallest absolute Gasteiger partial charge is 0.226 e.